The molecule has 1 saturated heterocycles. The highest BCUT2D eigenvalue weighted by Gasteiger charge is 2.20. The number of carboxylic acid groups (broad SMARTS) is 1. The van der Waals surface area contributed by atoms with Crippen LogP contribution in [0.5, 0.6) is 0 Å². The summed E-state index contributed by atoms with van der Waals surface area (Å²) in [5.74, 6) is -1.03. The predicted octanol–water partition coefficient (Wildman–Crippen LogP) is 0.427. The van der Waals surface area contributed by atoms with Crippen LogP contribution in [0.15, 0.2) is 11.8 Å². The molecule has 1 amide bonds. The van der Waals surface area contributed by atoms with E-state index in [9.17, 15) is 9.59 Å². The minimum atomic E-state index is -1.03. The number of hydrogen-bond donors (Lipinski definition) is 1. The van der Waals surface area contributed by atoms with Gasteiger partial charge in [-0.25, -0.2) is 9.59 Å². The number of ether oxygens (including phenoxy) is 1. The fraction of sp³-hybridized carbons (Fsp3) is 0.429. The summed E-state index contributed by atoms with van der Waals surface area (Å²) in [4.78, 5) is 22.4. The number of rotatable bonds is 2. The van der Waals surface area contributed by atoms with Gasteiger partial charge in [-0.05, 0) is 6.92 Å². The van der Waals surface area contributed by atoms with Crippen molar-refractivity contribution in [3.63, 3.8) is 0 Å². The van der Waals surface area contributed by atoms with Gasteiger partial charge in [0.15, 0.2) is 0 Å². The van der Waals surface area contributed by atoms with E-state index in [1.165, 1.54) is 18.0 Å². The molecule has 0 unspecified atom stereocenters. The lowest BCUT2D eigenvalue weighted by Gasteiger charge is -2.05. The monoisotopic (exact) mass is 171 g/mol. The van der Waals surface area contributed by atoms with Crippen LogP contribution in [0, 0.1) is 0 Å². The maximum atomic E-state index is 10.8. The maximum Gasteiger partial charge on any atom is 0.413 e. The van der Waals surface area contributed by atoms with Crippen LogP contribution in [0.2, 0.25) is 0 Å². The SMILES string of the molecule is C/C(=C\N1CCOC1=O)C(=O)O. The normalized spacial score (nSPS) is 17.9. The van der Waals surface area contributed by atoms with Crippen molar-refractivity contribution in [1.29, 1.82) is 0 Å². The lowest BCUT2D eigenvalue weighted by Crippen LogP contribution is -2.18. The highest BCUT2D eigenvalue weighted by atomic mass is 16.6. The number of carbonyl (C=O) groups is 2. The zero-order chi connectivity index (χ0) is 9.14. The Hall–Kier alpha value is -1.52. The fourth-order valence-electron chi connectivity index (χ4n) is 0.812. The first-order valence-electron chi connectivity index (χ1n) is 3.46. The molecule has 0 aromatic rings. The number of hydrogen-bond acceptors (Lipinski definition) is 3. The van der Waals surface area contributed by atoms with Gasteiger partial charge in [0.05, 0.1) is 12.1 Å². The van der Waals surface area contributed by atoms with Crippen LogP contribution in [-0.4, -0.2) is 35.2 Å². The molecule has 1 fully saturated rings. The molecule has 0 bridgehead atoms. The first-order valence-corrected chi connectivity index (χ1v) is 3.46. The summed E-state index contributed by atoms with van der Waals surface area (Å²) >= 11 is 0. The first-order chi connectivity index (χ1) is 5.61. The van der Waals surface area contributed by atoms with Crippen LogP contribution < -0.4 is 0 Å². The zero-order valence-electron chi connectivity index (χ0n) is 6.61. The molecule has 0 spiro atoms. The van der Waals surface area contributed by atoms with Crippen molar-refractivity contribution in [3.8, 4) is 0 Å². The van der Waals surface area contributed by atoms with Crippen molar-refractivity contribution in [1.82, 2.24) is 4.90 Å². The molecular formula is C7H9NO4. The van der Waals surface area contributed by atoms with Gasteiger partial charge < -0.3 is 9.84 Å². The predicted molar refractivity (Wildman–Crippen MR) is 39.4 cm³/mol. The molecule has 1 aliphatic heterocycles. The summed E-state index contributed by atoms with van der Waals surface area (Å²) < 4.78 is 4.60. The third-order valence-electron chi connectivity index (χ3n) is 1.48. The minimum Gasteiger partial charge on any atom is -0.478 e. The van der Waals surface area contributed by atoms with E-state index in [0.717, 1.165) is 0 Å². The Kier molecular flexibility index (Phi) is 2.32. The summed E-state index contributed by atoms with van der Waals surface area (Å²) in [6.07, 6.45) is 0.785. The van der Waals surface area contributed by atoms with Crippen LogP contribution >= 0.6 is 0 Å². The van der Waals surface area contributed by atoms with Gasteiger partial charge >= 0.3 is 12.1 Å². The Bertz CT molecular complexity index is 246. The van der Waals surface area contributed by atoms with Crippen molar-refractivity contribution in [3.05, 3.63) is 11.8 Å². The van der Waals surface area contributed by atoms with Gasteiger partial charge in [0, 0.05) is 6.20 Å². The Morgan fingerprint density at radius 3 is 2.83 bits per heavy atom. The Morgan fingerprint density at radius 2 is 2.42 bits per heavy atom. The molecule has 0 radical (unpaired) electrons. The highest BCUT2D eigenvalue weighted by molar-refractivity contribution is 5.86. The molecule has 1 heterocycles. The van der Waals surface area contributed by atoms with E-state index in [2.05, 4.69) is 4.74 Å². The van der Waals surface area contributed by atoms with Crippen LogP contribution in [0.25, 0.3) is 0 Å². The molecule has 5 nitrogen and oxygen atoms in total. The smallest absolute Gasteiger partial charge is 0.413 e. The number of cyclic esters (lactones) is 1. The topological polar surface area (TPSA) is 66.8 Å². The molecule has 0 aromatic heterocycles. The third-order valence-corrected chi connectivity index (χ3v) is 1.48. The average Bonchev–Trinajstić information content (AvgIpc) is 2.36. The number of carboxylic acids is 1. The molecule has 0 atom stereocenters. The van der Waals surface area contributed by atoms with Crippen LogP contribution in [0.1, 0.15) is 6.92 Å². The molecule has 66 valence electrons. The van der Waals surface area contributed by atoms with Crippen LogP contribution in [-0.2, 0) is 9.53 Å². The van der Waals surface area contributed by atoms with Gasteiger partial charge in [0.25, 0.3) is 0 Å². The minimum absolute atomic E-state index is 0.119. The van der Waals surface area contributed by atoms with Crippen molar-refractivity contribution in [2.75, 3.05) is 13.2 Å². The second-order valence-electron chi connectivity index (χ2n) is 2.43. The summed E-state index contributed by atoms with van der Waals surface area (Å²) in [7, 11) is 0. The molecule has 1 rings (SSSR count). The largest absolute Gasteiger partial charge is 0.478 e. The van der Waals surface area contributed by atoms with Gasteiger partial charge in [0.2, 0.25) is 0 Å². The van der Waals surface area contributed by atoms with Crippen molar-refractivity contribution >= 4 is 12.1 Å². The Balaban J connectivity index is 2.66. The second-order valence-corrected chi connectivity index (χ2v) is 2.43. The van der Waals surface area contributed by atoms with Gasteiger partial charge in [0.1, 0.15) is 6.61 Å². The molecule has 5 heteroatoms. The molecule has 12 heavy (non-hydrogen) atoms. The summed E-state index contributed by atoms with van der Waals surface area (Å²) in [6.45, 7) is 2.17. The van der Waals surface area contributed by atoms with E-state index < -0.39 is 12.1 Å². The van der Waals surface area contributed by atoms with E-state index in [-0.39, 0.29) is 5.57 Å². The molecule has 1 aliphatic rings. The number of nitrogens with zero attached hydrogens (tertiary/aromatic N) is 1. The van der Waals surface area contributed by atoms with E-state index in [0.29, 0.717) is 13.2 Å². The average molecular weight is 171 g/mol. The zero-order valence-corrected chi connectivity index (χ0v) is 6.61. The van der Waals surface area contributed by atoms with E-state index in [1.807, 2.05) is 0 Å². The maximum absolute atomic E-state index is 10.8. The number of amides is 1. The summed E-state index contributed by atoms with van der Waals surface area (Å²) in [5, 5.41) is 8.48. The van der Waals surface area contributed by atoms with Crippen molar-refractivity contribution in [2.45, 2.75) is 6.92 Å². The molecular weight excluding hydrogens is 162 g/mol. The lowest BCUT2D eigenvalue weighted by atomic mass is 10.3. The highest BCUT2D eigenvalue weighted by Crippen LogP contribution is 2.06. The lowest BCUT2D eigenvalue weighted by molar-refractivity contribution is -0.132. The standard InChI is InChI=1S/C7H9NO4/c1-5(6(9)10)4-8-2-3-12-7(8)11/h4H,2-3H2,1H3,(H,9,10)/b5-4+. The van der Waals surface area contributed by atoms with Gasteiger partial charge in [-0.3, -0.25) is 4.90 Å². The quantitative estimate of drug-likeness (QED) is 0.611. The Labute approximate surface area is 69.2 Å². The van der Waals surface area contributed by atoms with E-state index >= 15 is 0 Å². The van der Waals surface area contributed by atoms with Gasteiger partial charge in [-0.2, -0.15) is 0 Å². The number of aliphatic carboxylic acids is 1. The van der Waals surface area contributed by atoms with Crippen LogP contribution in [0.4, 0.5) is 4.79 Å². The first kappa shape index (κ1) is 8.58. The second kappa shape index (κ2) is 3.25. The number of carbonyl (C=O) groups excluding carboxylic acids is 1. The summed E-state index contributed by atoms with van der Waals surface area (Å²) in [5.41, 5.74) is 0.119. The molecule has 0 saturated carbocycles. The van der Waals surface area contributed by atoms with E-state index in [4.69, 9.17) is 5.11 Å². The van der Waals surface area contributed by atoms with Crippen molar-refractivity contribution in [2.24, 2.45) is 0 Å². The fourth-order valence-corrected chi connectivity index (χ4v) is 0.812. The Morgan fingerprint density at radius 1 is 1.75 bits per heavy atom. The molecule has 0 aliphatic carbocycles. The molecule has 1 N–H and O–H groups in total. The summed E-state index contributed by atoms with van der Waals surface area (Å²) in [6, 6.07) is 0. The van der Waals surface area contributed by atoms with Gasteiger partial charge in [-0.15, -0.1) is 0 Å². The van der Waals surface area contributed by atoms with Crippen molar-refractivity contribution < 1.29 is 19.4 Å². The van der Waals surface area contributed by atoms with E-state index in [1.54, 1.807) is 0 Å². The third kappa shape index (κ3) is 1.75. The van der Waals surface area contributed by atoms with Crippen LogP contribution in [0.3, 0.4) is 0 Å². The van der Waals surface area contributed by atoms with Gasteiger partial charge in [-0.1, -0.05) is 0 Å². The molecule has 0 aromatic carbocycles.